The molecule has 1 atom stereocenters. The van der Waals surface area contributed by atoms with E-state index in [1.165, 1.54) is 23.2 Å². The lowest BCUT2D eigenvalue weighted by Crippen LogP contribution is -2.36. The van der Waals surface area contributed by atoms with Crippen LogP contribution in [0.15, 0.2) is 79.4 Å². The minimum atomic E-state index is 0.569. The van der Waals surface area contributed by atoms with Crippen molar-refractivity contribution in [1.29, 1.82) is 0 Å². The van der Waals surface area contributed by atoms with E-state index in [0.717, 1.165) is 32.1 Å². The average molecular weight is 371 g/mol. The molecule has 2 aliphatic rings. The summed E-state index contributed by atoms with van der Waals surface area (Å²) in [5, 5.41) is 0. The van der Waals surface area contributed by atoms with Crippen molar-refractivity contribution >= 4 is 5.69 Å². The quantitative estimate of drug-likeness (QED) is 0.738. The highest BCUT2D eigenvalue weighted by atomic mass is 15.4. The van der Waals surface area contributed by atoms with Gasteiger partial charge in [-0.05, 0) is 29.7 Å². The molecule has 5 nitrogen and oxygen atoms in total. The van der Waals surface area contributed by atoms with Crippen LogP contribution in [-0.2, 0) is 6.54 Å². The molecule has 0 unspecified atom stereocenters. The van der Waals surface area contributed by atoms with Gasteiger partial charge in [-0.3, -0.25) is 4.90 Å². The van der Waals surface area contributed by atoms with Gasteiger partial charge in [-0.15, -0.1) is 0 Å². The zero-order chi connectivity index (χ0) is 18.8. The number of benzene rings is 2. The smallest absolute Gasteiger partial charge is 0.120 e. The lowest BCUT2D eigenvalue weighted by molar-refractivity contribution is 0.263. The summed E-state index contributed by atoms with van der Waals surface area (Å²) in [4.78, 5) is 14.8. The van der Waals surface area contributed by atoms with Crippen LogP contribution in [-0.4, -0.2) is 45.6 Å². The van der Waals surface area contributed by atoms with Gasteiger partial charge >= 0.3 is 0 Å². The van der Waals surface area contributed by atoms with E-state index in [-0.39, 0.29) is 0 Å². The SMILES string of the molecule is C1=CN([C@H]2CCN(Cc3ncc[nH]3)C2)CN1c1ccc(-c2ccccc2)cc1. The van der Waals surface area contributed by atoms with Gasteiger partial charge in [0.2, 0.25) is 0 Å². The standard InChI is InChI=1S/C23H25N5/c1-2-4-19(5-3-1)20-6-8-21(9-7-20)27-14-15-28(18-27)22-10-13-26(16-22)17-23-24-11-12-25-23/h1-9,11-12,14-15,22H,10,13,16-18H2,(H,24,25)/t22-/m0/s1. The lowest BCUT2D eigenvalue weighted by Gasteiger charge is -2.27. The summed E-state index contributed by atoms with van der Waals surface area (Å²) >= 11 is 0. The Morgan fingerprint density at radius 1 is 0.964 bits per heavy atom. The van der Waals surface area contributed by atoms with E-state index in [2.05, 4.69) is 91.7 Å². The first-order chi connectivity index (χ1) is 13.8. The van der Waals surface area contributed by atoms with Crippen LogP contribution in [0.4, 0.5) is 5.69 Å². The number of imidazole rings is 1. The molecule has 0 saturated carbocycles. The molecule has 0 radical (unpaired) electrons. The molecule has 142 valence electrons. The summed E-state index contributed by atoms with van der Waals surface area (Å²) in [7, 11) is 0. The van der Waals surface area contributed by atoms with Crippen LogP contribution in [0.5, 0.6) is 0 Å². The van der Waals surface area contributed by atoms with E-state index in [0.29, 0.717) is 6.04 Å². The average Bonchev–Trinajstić information content (AvgIpc) is 3.51. The molecule has 5 rings (SSSR count). The van der Waals surface area contributed by atoms with Crippen LogP contribution < -0.4 is 4.90 Å². The molecule has 5 heteroatoms. The number of likely N-dealkylation sites (tertiary alicyclic amines) is 1. The number of nitrogens with one attached hydrogen (secondary N) is 1. The van der Waals surface area contributed by atoms with Crippen molar-refractivity contribution in [3.8, 4) is 11.1 Å². The molecule has 1 N–H and O–H groups in total. The van der Waals surface area contributed by atoms with Crippen LogP contribution in [0.3, 0.4) is 0 Å². The van der Waals surface area contributed by atoms with Gasteiger partial charge in [-0.25, -0.2) is 4.98 Å². The van der Waals surface area contributed by atoms with Crippen LogP contribution in [0.2, 0.25) is 0 Å². The second-order valence-corrected chi connectivity index (χ2v) is 7.55. The highest BCUT2D eigenvalue weighted by molar-refractivity contribution is 5.66. The number of aromatic amines is 1. The minimum Gasteiger partial charge on any atom is -0.354 e. The van der Waals surface area contributed by atoms with Crippen molar-refractivity contribution in [2.24, 2.45) is 0 Å². The van der Waals surface area contributed by atoms with E-state index >= 15 is 0 Å². The normalized spacial score (nSPS) is 19.6. The summed E-state index contributed by atoms with van der Waals surface area (Å²) in [6, 6.07) is 20.0. The Labute approximate surface area is 165 Å². The zero-order valence-corrected chi connectivity index (χ0v) is 15.9. The van der Waals surface area contributed by atoms with E-state index < -0.39 is 0 Å². The third-order valence-corrected chi connectivity index (χ3v) is 5.70. The molecule has 28 heavy (non-hydrogen) atoms. The largest absolute Gasteiger partial charge is 0.354 e. The fourth-order valence-electron chi connectivity index (χ4n) is 4.14. The maximum absolute atomic E-state index is 4.35. The second-order valence-electron chi connectivity index (χ2n) is 7.55. The topological polar surface area (TPSA) is 38.4 Å². The third-order valence-electron chi connectivity index (χ3n) is 5.70. The molecule has 0 aliphatic carbocycles. The predicted molar refractivity (Wildman–Crippen MR) is 112 cm³/mol. The molecule has 1 aromatic heterocycles. The van der Waals surface area contributed by atoms with E-state index in [1.54, 1.807) is 0 Å². The molecule has 2 aromatic carbocycles. The number of hydrogen-bond acceptors (Lipinski definition) is 4. The monoisotopic (exact) mass is 371 g/mol. The number of nitrogens with zero attached hydrogens (tertiary/aromatic N) is 4. The van der Waals surface area contributed by atoms with Crippen LogP contribution in [0.1, 0.15) is 12.2 Å². The highest BCUT2D eigenvalue weighted by Crippen LogP contribution is 2.27. The maximum atomic E-state index is 4.35. The van der Waals surface area contributed by atoms with Crippen molar-refractivity contribution in [2.75, 3.05) is 24.7 Å². The predicted octanol–water partition coefficient (Wildman–Crippen LogP) is 3.90. The molecule has 0 bridgehead atoms. The summed E-state index contributed by atoms with van der Waals surface area (Å²) in [5.41, 5.74) is 3.76. The van der Waals surface area contributed by atoms with Crippen LogP contribution in [0.25, 0.3) is 11.1 Å². The fourth-order valence-corrected chi connectivity index (χ4v) is 4.14. The number of hydrogen-bond donors (Lipinski definition) is 1. The van der Waals surface area contributed by atoms with E-state index in [9.17, 15) is 0 Å². The molecule has 0 spiro atoms. The van der Waals surface area contributed by atoms with Gasteiger partial charge in [-0.1, -0.05) is 42.5 Å². The summed E-state index contributed by atoms with van der Waals surface area (Å²) in [5.74, 6) is 1.05. The molecule has 3 aromatic rings. The number of H-pyrrole nitrogens is 1. The molecule has 3 heterocycles. The third kappa shape index (κ3) is 3.53. The van der Waals surface area contributed by atoms with Gasteiger partial charge in [0.15, 0.2) is 0 Å². The van der Waals surface area contributed by atoms with Gasteiger partial charge in [0, 0.05) is 49.6 Å². The summed E-state index contributed by atoms with van der Waals surface area (Å²) in [6.07, 6.45) is 9.37. The molecule has 1 saturated heterocycles. The Kier molecular flexibility index (Phi) is 4.59. The maximum Gasteiger partial charge on any atom is 0.120 e. The Balaban J connectivity index is 1.19. The Morgan fingerprint density at radius 2 is 1.79 bits per heavy atom. The van der Waals surface area contributed by atoms with E-state index in [1.807, 2.05) is 12.4 Å². The molecule has 0 amide bonds. The lowest BCUT2D eigenvalue weighted by atomic mass is 10.1. The molecular weight excluding hydrogens is 346 g/mol. The Hall–Kier alpha value is -3.05. The second kappa shape index (κ2) is 7.52. The minimum absolute atomic E-state index is 0.569. The van der Waals surface area contributed by atoms with Crippen molar-refractivity contribution < 1.29 is 0 Å². The van der Waals surface area contributed by atoms with Gasteiger partial charge in [0.25, 0.3) is 0 Å². The van der Waals surface area contributed by atoms with Crippen molar-refractivity contribution in [3.05, 3.63) is 85.2 Å². The number of aromatic nitrogens is 2. The number of rotatable bonds is 5. The summed E-state index contributed by atoms with van der Waals surface area (Å²) in [6.45, 7) is 4.04. The van der Waals surface area contributed by atoms with Crippen LogP contribution in [0, 0.1) is 0 Å². The van der Waals surface area contributed by atoms with Crippen molar-refractivity contribution in [1.82, 2.24) is 19.8 Å². The zero-order valence-electron chi connectivity index (χ0n) is 15.9. The highest BCUT2D eigenvalue weighted by Gasteiger charge is 2.29. The van der Waals surface area contributed by atoms with Gasteiger partial charge in [-0.2, -0.15) is 0 Å². The summed E-state index contributed by atoms with van der Waals surface area (Å²) < 4.78 is 0. The Morgan fingerprint density at radius 3 is 2.57 bits per heavy atom. The van der Waals surface area contributed by atoms with Gasteiger partial charge in [0.1, 0.15) is 5.82 Å². The fraction of sp³-hybridized carbons (Fsp3) is 0.261. The molecule has 1 fully saturated rings. The first-order valence-corrected chi connectivity index (χ1v) is 9.92. The molecule has 2 aliphatic heterocycles. The van der Waals surface area contributed by atoms with Crippen LogP contribution >= 0.6 is 0 Å². The van der Waals surface area contributed by atoms with Crippen molar-refractivity contribution in [2.45, 2.75) is 19.0 Å². The number of anilines is 1. The van der Waals surface area contributed by atoms with E-state index in [4.69, 9.17) is 0 Å². The van der Waals surface area contributed by atoms with Gasteiger partial charge in [0.05, 0.1) is 13.2 Å². The first kappa shape index (κ1) is 17.1. The first-order valence-electron chi connectivity index (χ1n) is 9.92. The van der Waals surface area contributed by atoms with Gasteiger partial charge < -0.3 is 14.8 Å². The van der Waals surface area contributed by atoms with Crippen molar-refractivity contribution in [3.63, 3.8) is 0 Å². The Bertz CT molecular complexity index is 917. The molecular formula is C23H25N5.